The molecule has 0 bridgehead atoms. The first-order chi connectivity index (χ1) is 5.61. The van der Waals surface area contributed by atoms with Crippen LogP contribution < -0.4 is 0 Å². The minimum absolute atomic E-state index is 0.125. The van der Waals surface area contributed by atoms with Gasteiger partial charge in [-0.3, -0.25) is 4.79 Å². The van der Waals surface area contributed by atoms with Gasteiger partial charge < -0.3 is 0 Å². The van der Waals surface area contributed by atoms with E-state index in [2.05, 4.69) is 20.4 Å². The molecule has 0 fully saturated rings. The lowest BCUT2D eigenvalue weighted by molar-refractivity contribution is -0.115. The highest BCUT2D eigenvalue weighted by molar-refractivity contribution is 7.57. The Kier molecular flexibility index (Phi) is 6.28. The van der Waals surface area contributed by atoms with E-state index in [4.69, 9.17) is 0 Å². The summed E-state index contributed by atoms with van der Waals surface area (Å²) in [5.74, 6) is 0.240. The Bertz CT molecular complexity index is 159. The van der Waals surface area contributed by atoms with Gasteiger partial charge in [0.2, 0.25) is 0 Å². The summed E-state index contributed by atoms with van der Waals surface area (Å²) in [6.45, 7) is 9.85. The van der Waals surface area contributed by atoms with Crippen LogP contribution >= 0.6 is 7.92 Å². The van der Waals surface area contributed by atoms with Crippen molar-refractivity contribution in [1.29, 1.82) is 0 Å². The number of ketones is 1. The molecule has 1 nitrogen and oxygen atoms in total. The topological polar surface area (TPSA) is 17.1 Å². The van der Waals surface area contributed by atoms with Crippen molar-refractivity contribution in [3.05, 3.63) is 12.2 Å². The molecule has 0 aromatic heterocycles. The third-order valence-corrected chi connectivity index (χ3v) is 4.67. The minimum Gasteiger partial charge on any atom is -0.295 e. The van der Waals surface area contributed by atoms with E-state index in [0.29, 0.717) is 12.0 Å². The second kappa shape index (κ2) is 6.37. The summed E-state index contributed by atoms with van der Waals surface area (Å²) in [5.41, 5.74) is 0.706. The zero-order valence-corrected chi connectivity index (χ0v) is 9.29. The van der Waals surface area contributed by atoms with Crippen molar-refractivity contribution < 1.29 is 4.79 Å². The summed E-state index contributed by atoms with van der Waals surface area (Å²) in [5, 5.41) is 0. The van der Waals surface area contributed by atoms with E-state index in [1.165, 1.54) is 12.3 Å². The van der Waals surface area contributed by atoms with Crippen molar-refractivity contribution in [3.8, 4) is 0 Å². The van der Waals surface area contributed by atoms with Crippen molar-refractivity contribution in [2.45, 2.75) is 27.2 Å². The lowest BCUT2D eigenvalue weighted by atomic mass is 10.2. The van der Waals surface area contributed by atoms with Crippen LogP contribution in [0.1, 0.15) is 27.2 Å². The van der Waals surface area contributed by atoms with E-state index in [1.807, 2.05) is 0 Å². The molecule has 0 N–H and O–H groups in total. The summed E-state index contributed by atoms with van der Waals surface area (Å²) in [6.07, 6.45) is 4.29. The largest absolute Gasteiger partial charge is 0.295 e. The van der Waals surface area contributed by atoms with Gasteiger partial charge in [0.25, 0.3) is 0 Å². The van der Waals surface area contributed by atoms with Crippen LogP contribution in [0.4, 0.5) is 0 Å². The van der Waals surface area contributed by atoms with Crippen molar-refractivity contribution in [2.24, 2.45) is 0 Å². The van der Waals surface area contributed by atoms with Gasteiger partial charge in [0, 0.05) is 6.42 Å². The summed E-state index contributed by atoms with van der Waals surface area (Å²) in [7, 11) is 0.125. The monoisotopic (exact) mass is 186 g/mol. The number of Topliss-reactive ketones (excluding diaryl/α,β-unsaturated/α-hetero) is 1. The SMILES string of the molecule is C=C(C)C(=O)CCP(CC)CC. The van der Waals surface area contributed by atoms with Gasteiger partial charge in [0.1, 0.15) is 0 Å². The molecule has 0 rings (SSSR count). The van der Waals surface area contributed by atoms with Gasteiger partial charge in [-0.25, -0.2) is 0 Å². The van der Waals surface area contributed by atoms with Crippen LogP contribution in [-0.2, 0) is 4.79 Å². The summed E-state index contributed by atoms with van der Waals surface area (Å²) in [6, 6.07) is 0. The van der Waals surface area contributed by atoms with Crippen LogP contribution in [0.25, 0.3) is 0 Å². The van der Waals surface area contributed by atoms with Gasteiger partial charge in [-0.1, -0.05) is 20.4 Å². The highest BCUT2D eigenvalue weighted by Crippen LogP contribution is 2.34. The van der Waals surface area contributed by atoms with Gasteiger partial charge in [0.05, 0.1) is 0 Å². The van der Waals surface area contributed by atoms with Crippen LogP contribution in [0.5, 0.6) is 0 Å². The average molecular weight is 186 g/mol. The van der Waals surface area contributed by atoms with Crippen molar-refractivity contribution >= 4 is 13.7 Å². The quantitative estimate of drug-likeness (QED) is 0.460. The fourth-order valence-electron chi connectivity index (χ4n) is 1.01. The third kappa shape index (κ3) is 4.66. The molecule has 2 heteroatoms. The molecule has 12 heavy (non-hydrogen) atoms. The first-order valence-electron chi connectivity index (χ1n) is 4.52. The molecule has 0 aliphatic carbocycles. The first kappa shape index (κ1) is 11.8. The van der Waals surface area contributed by atoms with Crippen LogP contribution in [-0.4, -0.2) is 24.3 Å². The molecule has 0 aromatic carbocycles. The lowest BCUT2D eigenvalue weighted by Gasteiger charge is -2.11. The predicted octanol–water partition coefficient (Wildman–Crippen LogP) is 3.04. The molecule has 0 atom stereocenters. The molecule has 0 unspecified atom stereocenters. The van der Waals surface area contributed by atoms with Gasteiger partial charge in [-0.15, -0.1) is 7.92 Å². The zero-order chi connectivity index (χ0) is 9.56. The fraction of sp³-hybridized carbons (Fsp3) is 0.700. The zero-order valence-electron chi connectivity index (χ0n) is 8.39. The van der Waals surface area contributed by atoms with Gasteiger partial charge >= 0.3 is 0 Å². The number of allylic oxidation sites excluding steroid dienone is 1. The molecule has 0 saturated heterocycles. The Hall–Kier alpha value is -0.160. The van der Waals surface area contributed by atoms with Gasteiger partial charge in [0.15, 0.2) is 5.78 Å². The van der Waals surface area contributed by atoms with E-state index in [1.54, 1.807) is 6.92 Å². The van der Waals surface area contributed by atoms with Crippen LogP contribution in [0.2, 0.25) is 0 Å². The molecule has 0 radical (unpaired) electrons. The molecule has 0 saturated carbocycles. The summed E-state index contributed by atoms with van der Waals surface area (Å²) < 4.78 is 0. The Balaban J connectivity index is 3.66. The Morgan fingerprint density at radius 3 is 2.17 bits per heavy atom. The Labute approximate surface area is 77.0 Å². The lowest BCUT2D eigenvalue weighted by Crippen LogP contribution is -2.02. The number of carbonyl (C=O) groups excluding carboxylic acids is 1. The van der Waals surface area contributed by atoms with Crippen LogP contribution in [0, 0.1) is 0 Å². The molecular weight excluding hydrogens is 167 g/mol. The Morgan fingerprint density at radius 1 is 1.33 bits per heavy atom. The third-order valence-electron chi connectivity index (χ3n) is 2.03. The maximum atomic E-state index is 11.2. The van der Waals surface area contributed by atoms with E-state index in [9.17, 15) is 4.79 Å². The van der Waals surface area contributed by atoms with Crippen molar-refractivity contribution in [2.75, 3.05) is 18.5 Å². The fourth-order valence-corrected chi connectivity index (χ4v) is 2.61. The summed E-state index contributed by atoms with van der Waals surface area (Å²) in [4.78, 5) is 11.2. The number of rotatable bonds is 6. The molecular formula is C10H19OP. The summed E-state index contributed by atoms with van der Waals surface area (Å²) >= 11 is 0. The van der Waals surface area contributed by atoms with E-state index in [-0.39, 0.29) is 13.7 Å². The highest BCUT2D eigenvalue weighted by Gasteiger charge is 2.06. The Morgan fingerprint density at radius 2 is 1.83 bits per heavy atom. The molecule has 0 aliphatic heterocycles. The van der Waals surface area contributed by atoms with Crippen molar-refractivity contribution in [3.63, 3.8) is 0 Å². The highest BCUT2D eigenvalue weighted by atomic mass is 31.1. The molecule has 0 amide bonds. The molecule has 0 spiro atoms. The number of hydrogen-bond donors (Lipinski definition) is 0. The van der Waals surface area contributed by atoms with Gasteiger partial charge in [-0.2, -0.15) is 0 Å². The standard InChI is InChI=1S/C10H19OP/c1-5-12(6-2)8-7-10(11)9(3)4/h3,5-8H2,1-2,4H3. The average Bonchev–Trinajstić information content (AvgIpc) is 2.05. The van der Waals surface area contributed by atoms with E-state index < -0.39 is 0 Å². The minimum atomic E-state index is 0.125. The van der Waals surface area contributed by atoms with Gasteiger partial charge in [-0.05, 0) is 31.0 Å². The van der Waals surface area contributed by atoms with E-state index in [0.717, 1.165) is 6.16 Å². The van der Waals surface area contributed by atoms with Crippen LogP contribution in [0.3, 0.4) is 0 Å². The number of carbonyl (C=O) groups is 1. The second-order valence-electron chi connectivity index (χ2n) is 2.98. The molecule has 0 heterocycles. The maximum Gasteiger partial charge on any atom is 0.158 e. The second-order valence-corrected chi connectivity index (χ2v) is 6.03. The normalized spacial score (nSPS) is 10.3. The predicted molar refractivity (Wildman–Crippen MR) is 57.3 cm³/mol. The molecule has 70 valence electrons. The smallest absolute Gasteiger partial charge is 0.158 e. The van der Waals surface area contributed by atoms with Crippen LogP contribution in [0.15, 0.2) is 12.2 Å². The van der Waals surface area contributed by atoms with Crippen molar-refractivity contribution in [1.82, 2.24) is 0 Å². The molecule has 0 aromatic rings. The molecule has 0 aliphatic rings. The van der Waals surface area contributed by atoms with E-state index >= 15 is 0 Å². The number of hydrogen-bond acceptors (Lipinski definition) is 1. The maximum absolute atomic E-state index is 11.2. The first-order valence-corrected chi connectivity index (χ1v) is 6.42.